The van der Waals surface area contributed by atoms with E-state index in [1.807, 2.05) is 0 Å². The summed E-state index contributed by atoms with van der Waals surface area (Å²) in [6.45, 7) is 0. The van der Waals surface area contributed by atoms with Gasteiger partial charge in [-0.2, -0.15) is 13.2 Å². The fraction of sp³-hybridized carbons (Fsp3) is 0.188. The number of hydrogen-bond acceptors (Lipinski definition) is 5. The highest BCUT2D eigenvalue weighted by atomic mass is 32.2. The van der Waals surface area contributed by atoms with E-state index in [0.29, 0.717) is 6.07 Å². The second kappa shape index (κ2) is 6.48. The Morgan fingerprint density at radius 1 is 1.07 bits per heavy atom. The molecule has 0 spiro atoms. The molecule has 3 aromatic rings. The molecule has 0 aliphatic rings. The van der Waals surface area contributed by atoms with E-state index in [1.165, 1.54) is 14.1 Å². The van der Waals surface area contributed by atoms with Crippen LogP contribution in [-0.2, 0) is 30.3 Å². The number of fused-ring (bicyclic) bond motifs is 1. The maximum atomic E-state index is 12.8. The minimum Gasteiger partial charge on any atom is -0.280 e. The van der Waals surface area contributed by atoms with Crippen LogP contribution < -0.4 is 16.0 Å². The fourth-order valence-electron chi connectivity index (χ4n) is 2.57. The molecule has 12 heteroatoms. The van der Waals surface area contributed by atoms with Crippen molar-refractivity contribution in [3.63, 3.8) is 0 Å². The molecule has 0 atom stereocenters. The molecular weight excluding hydrogens is 401 g/mol. The Bertz CT molecular complexity index is 1310. The van der Waals surface area contributed by atoms with E-state index in [9.17, 15) is 31.2 Å². The lowest BCUT2D eigenvalue weighted by atomic mass is 10.2. The van der Waals surface area contributed by atoms with E-state index in [-0.39, 0.29) is 16.7 Å². The zero-order chi connectivity index (χ0) is 20.9. The number of halogens is 3. The first-order chi connectivity index (χ1) is 12.9. The summed E-state index contributed by atoms with van der Waals surface area (Å²) < 4.78 is 67.4. The molecule has 8 nitrogen and oxygen atoms in total. The molecule has 1 aromatic carbocycles. The predicted octanol–water partition coefficient (Wildman–Crippen LogP) is 1.45. The second-order valence-electron chi connectivity index (χ2n) is 5.93. The number of benzene rings is 1. The fourth-order valence-corrected chi connectivity index (χ4v) is 3.65. The number of anilines is 1. The van der Waals surface area contributed by atoms with E-state index < -0.39 is 37.9 Å². The lowest BCUT2D eigenvalue weighted by Gasteiger charge is -2.12. The van der Waals surface area contributed by atoms with Crippen LogP contribution in [0.3, 0.4) is 0 Å². The van der Waals surface area contributed by atoms with Crippen molar-refractivity contribution in [2.75, 3.05) is 4.72 Å². The van der Waals surface area contributed by atoms with Crippen LogP contribution in [0.15, 0.2) is 51.0 Å². The van der Waals surface area contributed by atoms with Gasteiger partial charge in [-0.15, -0.1) is 0 Å². The van der Waals surface area contributed by atoms with E-state index >= 15 is 0 Å². The van der Waals surface area contributed by atoms with Crippen molar-refractivity contribution in [1.82, 2.24) is 14.1 Å². The van der Waals surface area contributed by atoms with Gasteiger partial charge in [0.25, 0.3) is 15.6 Å². The predicted molar refractivity (Wildman–Crippen MR) is 94.5 cm³/mol. The van der Waals surface area contributed by atoms with E-state index in [4.69, 9.17) is 0 Å². The third kappa shape index (κ3) is 3.38. The summed E-state index contributed by atoms with van der Waals surface area (Å²) in [6, 6.07) is 4.39. The van der Waals surface area contributed by atoms with Crippen LogP contribution in [-0.4, -0.2) is 22.5 Å². The van der Waals surface area contributed by atoms with Crippen LogP contribution in [0.25, 0.3) is 11.0 Å². The van der Waals surface area contributed by atoms with Gasteiger partial charge in [0.15, 0.2) is 0 Å². The maximum Gasteiger partial charge on any atom is 0.416 e. The van der Waals surface area contributed by atoms with Gasteiger partial charge in [0.1, 0.15) is 5.65 Å². The minimum atomic E-state index is -4.70. The average molecular weight is 414 g/mol. The number of pyridine rings is 1. The van der Waals surface area contributed by atoms with Crippen LogP contribution in [0.5, 0.6) is 0 Å². The number of nitrogens with one attached hydrogen (secondary N) is 1. The quantitative estimate of drug-likeness (QED) is 0.699. The van der Waals surface area contributed by atoms with Crippen molar-refractivity contribution in [2.24, 2.45) is 14.1 Å². The largest absolute Gasteiger partial charge is 0.416 e. The summed E-state index contributed by atoms with van der Waals surface area (Å²) in [5.41, 5.74) is -2.51. The second-order valence-corrected chi connectivity index (χ2v) is 7.61. The van der Waals surface area contributed by atoms with E-state index in [0.717, 1.165) is 39.6 Å². The van der Waals surface area contributed by atoms with Crippen molar-refractivity contribution in [3.8, 4) is 0 Å². The highest BCUT2D eigenvalue weighted by Gasteiger charge is 2.31. The van der Waals surface area contributed by atoms with Gasteiger partial charge in [-0.05, 0) is 24.3 Å². The lowest BCUT2D eigenvalue weighted by molar-refractivity contribution is -0.137. The average Bonchev–Trinajstić information content (AvgIpc) is 2.63. The Morgan fingerprint density at radius 2 is 1.75 bits per heavy atom. The van der Waals surface area contributed by atoms with Crippen LogP contribution in [0.4, 0.5) is 18.9 Å². The normalized spacial score (nSPS) is 12.3. The molecule has 1 N–H and O–H groups in total. The summed E-state index contributed by atoms with van der Waals surface area (Å²) in [5.74, 6) is 0. The van der Waals surface area contributed by atoms with Crippen LogP contribution in [0.2, 0.25) is 0 Å². The standard InChI is InChI=1S/C16H13F3N4O4S/c1-22-13-12(14(24)23(2)15(22)25)7-10(8-20-13)21-28(26,27)11-5-3-4-9(6-11)16(17,18)19/h3-8,21H,1-2H3. The third-order valence-electron chi connectivity index (χ3n) is 4.02. The minimum absolute atomic E-state index is 0.0335. The molecule has 0 aliphatic carbocycles. The van der Waals surface area contributed by atoms with E-state index in [1.54, 1.807) is 0 Å². The molecule has 0 saturated heterocycles. The Morgan fingerprint density at radius 3 is 2.39 bits per heavy atom. The van der Waals surface area contributed by atoms with Gasteiger partial charge in [-0.3, -0.25) is 18.7 Å². The first kappa shape index (κ1) is 19.6. The lowest BCUT2D eigenvalue weighted by Crippen LogP contribution is -2.37. The molecule has 148 valence electrons. The number of aryl methyl sites for hydroxylation is 1. The molecule has 0 aliphatic heterocycles. The van der Waals surface area contributed by atoms with Crippen molar-refractivity contribution < 1.29 is 21.6 Å². The molecular formula is C16H13F3N4O4S. The topological polar surface area (TPSA) is 103 Å². The zero-order valence-electron chi connectivity index (χ0n) is 14.5. The Balaban J connectivity index is 2.07. The van der Waals surface area contributed by atoms with Gasteiger partial charge in [-0.25, -0.2) is 18.2 Å². The summed E-state index contributed by atoms with van der Waals surface area (Å²) in [4.78, 5) is 27.5. The third-order valence-corrected chi connectivity index (χ3v) is 5.40. The molecule has 0 saturated carbocycles. The Labute approximate surface area is 155 Å². The summed E-state index contributed by atoms with van der Waals surface area (Å²) in [6.07, 6.45) is -3.64. The first-order valence-electron chi connectivity index (χ1n) is 7.67. The summed E-state index contributed by atoms with van der Waals surface area (Å²) >= 11 is 0. The number of sulfonamides is 1. The Kier molecular flexibility index (Phi) is 4.54. The van der Waals surface area contributed by atoms with Gasteiger partial charge in [0.2, 0.25) is 0 Å². The van der Waals surface area contributed by atoms with Crippen molar-refractivity contribution in [2.45, 2.75) is 11.1 Å². The van der Waals surface area contributed by atoms with Crippen LogP contribution in [0.1, 0.15) is 5.56 Å². The van der Waals surface area contributed by atoms with Gasteiger partial charge in [0, 0.05) is 14.1 Å². The van der Waals surface area contributed by atoms with Crippen molar-refractivity contribution >= 4 is 26.7 Å². The number of aromatic nitrogens is 3. The number of rotatable bonds is 3. The van der Waals surface area contributed by atoms with Crippen molar-refractivity contribution in [1.29, 1.82) is 0 Å². The van der Waals surface area contributed by atoms with Crippen LogP contribution in [0, 0.1) is 0 Å². The van der Waals surface area contributed by atoms with Crippen molar-refractivity contribution in [3.05, 3.63) is 62.9 Å². The Hall–Kier alpha value is -3.15. The molecule has 3 rings (SSSR count). The van der Waals surface area contributed by atoms with E-state index in [2.05, 4.69) is 9.71 Å². The molecule has 0 bridgehead atoms. The number of alkyl halides is 3. The molecule has 28 heavy (non-hydrogen) atoms. The smallest absolute Gasteiger partial charge is 0.280 e. The van der Waals surface area contributed by atoms with Gasteiger partial charge in [-0.1, -0.05) is 6.07 Å². The maximum absolute atomic E-state index is 12.8. The number of hydrogen-bond donors (Lipinski definition) is 1. The monoisotopic (exact) mass is 414 g/mol. The molecule has 0 unspecified atom stereocenters. The summed E-state index contributed by atoms with van der Waals surface area (Å²) in [5, 5.41) is -0.0335. The zero-order valence-corrected chi connectivity index (χ0v) is 15.3. The van der Waals surface area contributed by atoms with Gasteiger partial charge in [0.05, 0.1) is 27.7 Å². The molecule has 2 aromatic heterocycles. The van der Waals surface area contributed by atoms with Gasteiger partial charge >= 0.3 is 11.9 Å². The first-order valence-corrected chi connectivity index (χ1v) is 9.16. The molecule has 0 fully saturated rings. The summed E-state index contributed by atoms with van der Waals surface area (Å²) in [7, 11) is -1.73. The highest BCUT2D eigenvalue weighted by molar-refractivity contribution is 7.92. The molecule has 0 amide bonds. The van der Waals surface area contributed by atoms with Gasteiger partial charge < -0.3 is 0 Å². The number of nitrogens with zero attached hydrogens (tertiary/aromatic N) is 3. The molecule has 2 heterocycles. The van der Waals surface area contributed by atoms with Crippen LogP contribution >= 0.6 is 0 Å². The SMILES string of the molecule is Cn1c(=O)c2cc(NS(=O)(=O)c3cccc(C(F)(F)F)c3)cnc2n(C)c1=O. The highest BCUT2D eigenvalue weighted by Crippen LogP contribution is 2.30. The molecule has 0 radical (unpaired) electrons.